The second kappa shape index (κ2) is 5.66. The first-order valence-electron chi connectivity index (χ1n) is 4.99. The lowest BCUT2D eigenvalue weighted by molar-refractivity contribution is -0.140. The number of carbonyl (C=O) groups is 2. The van der Waals surface area contributed by atoms with Crippen molar-refractivity contribution >= 4 is 21.9 Å². The summed E-state index contributed by atoms with van der Waals surface area (Å²) in [7, 11) is -4.55. The van der Waals surface area contributed by atoms with E-state index in [9.17, 15) is 27.6 Å². The van der Waals surface area contributed by atoms with Gasteiger partial charge in [0.15, 0.2) is 4.90 Å². The molecule has 0 spiro atoms. The van der Waals surface area contributed by atoms with E-state index in [2.05, 4.69) is 0 Å². The highest BCUT2D eigenvalue weighted by Crippen LogP contribution is 2.02. The molecular formula is C8H10N4O7S. The Morgan fingerprint density at radius 3 is 2.45 bits per heavy atom. The van der Waals surface area contributed by atoms with Crippen molar-refractivity contribution in [2.45, 2.75) is 17.4 Å². The fourth-order valence-corrected chi connectivity index (χ4v) is 2.42. The number of amides is 1. The molecule has 1 amide bonds. The van der Waals surface area contributed by atoms with Crippen molar-refractivity contribution in [1.29, 1.82) is 0 Å². The number of hydrogen-bond acceptors (Lipinski definition) is 6. The first-order valence-corrected chi connectivity index (χ1v) is 6.47. The fraction of sp³-hybridized carbons (Fsp3) is 0.250. The van der Waals surface area contributed by atoms with Crippen LogP contribution in [-0.2, 0) is 19.6 Å². The van der Waals surface area contributed by atoms with Crippen molar-refractivity contribution in [1.82, 2.24) is 14.7 Å². The minimum absolute atomic E-state index is 0.604. The number of H-pyrrole nitrogens is 2. The average Bonchev–Trinajstić information content (AvgIpc) is 2.26. The number of nitrogens with one attached hydrogen (secondary N) is 3. The minimum Gasteiger partial charge on any atom is -0.480 e. The van der Waals surface area contributed by atoms with Gasteiger partial charge in [-0.3, -0.25) is 19.4 Å². The number of rotatable bonds is 6. The first kappa shape index (κ1) is 15.6. The van der Waals surface area contributed by atoms with Crippen LogP contribution < -0.4 is 21.7 Å². The maximum absolute atomic E-state index is 11.8. The van der Waals surface area contributed by atoms with Gasteiger partial charge in [0.2, 0.25) is 15.9 Å². The summed E-state index contributed by atoms with van der Waals surface area (Å²) in [6.45, 7) is 0. The van der Waals surface area contributed by atoms with Gasteiger partial charge in [0, 0.05) is 6.20 Å². The summed E-state index contributed by atoms with van der Waals surface area (Å²) in [5.74, 6) is -2.69. The molecule has 0 aliphatic rings. The zero-order valence-electron chi connectivity index (χ0n) is 9.74. The number of sulfonamides is 1. The highest BCUT2D eigenvalue weighted by atomic mass is 32.2. The third-order valence-corrected chi connectivity index (χ3v) is 3.55. The number of aliphatic carboxylic acids is 1. The molecule has 0 saturated heterocycles. The van der Waals surface area contributed by atoms with Crippen molar-refractivity contribution in [3.05, 3.63) is 27.0 Å². The van der Waals surface area contributed by atoms with Gasteiger partial charge in [0.1, 0.15) is 6.04 Å². The van der Waals surface area contributed by atoms with Gasteiger partial charge in [-0.05, 0) is 0 Å². The Hall–Kier alpha value is -2.47. The van der Waals surface area contributed by atoms with Crippen LogP contribution in [0.3, 0.4) is 0 Å². The molecule has 11 nitrogen and oxygen atoms in total. The summed E-state index contributed by atoms with van der Waals surface area (Å²) in [5, 5.41) is 8.77. The van der Waals surface area contributed by atoms with Crippen LogP contribution in [0.5, 0.6) is 0 Å². The molecule has 12 heteroatoms. The monoisotopic (exact) mass is 306 g/mol. The highest BCUT2D eigenvalue weighted by Gasteiger charge is 2.28. The van der Waals surface area contributed by atoms with Crippen LogP contribution in [0, 0.1) is 0 Å². The Labute approximate surface area is 110 Å². The number of primary amides is 1. The van der Waals surface area contributed by atoms with Gasteiger partial charge in [-0.15, -0.1) is 0 Å². The summed E-state index contributed by atoms with van der Waals surface area (Å²) in [4.78, 5) is 46.2. The highest BCUT2D eigenvalue weighted by molar-refractivity contribution is 7.89. The number of hydrogen-bond donors (Lipinski definition) is 5. The van der Waals surface area contributed by atoms with Crippen molar-refractivity contribution in [3.63, 3.8) is 0 Å². The largest absolute Gasteiger partial charge is 0.480 e. The summed E-state index contributed by atoms with van der Waals surface area (Å²) >= 11 is 0. The summed E-state index contributed by atoms with van der Waals surface area (Å²) in [5.41, 5.74) is 2.62. The van der Waals surface area contributed by atoms with Gasteiger partial charge in [0.25, 0.3) is 5.56 Å². The lowest BCUT2D eigenvalue weighted by Crippen LogP contribution is -2.45. The number of carbonyl (C=O) groups excluding carboxylic acids is 1. The van der Waals surface area contributed by atoms with Gasteiger partial charge in [-0.1, -0.05) is 0 Å². The molecule has 110 valence electrons. The smallest absolute Gasteiger partial charge is 0.325 e. The molecule has 1 atom stereocenters. The molecule has 1 aromatic heterocycles. The molecule has 0 fully saturated rings. The molecule has 20 heavy (non-hydrogen) atoms. The lowest BCUT2D eigenvalue weighted by Gasteiger charge is -2.12. The predicted molar refractivity (Wildman–Crippen MR) is 63.2 cm³/mol. The standard InChI is InChI=1S/C8H10N4O7S/c9-5(13)1-3(7(15)16)12-20(18,19)4-2-10-8(17)11-6(4)14/h2-3,12H,1H2,(H2,9,13)(H,15,16)(H2,10,11,14,17)/t3-/m1/s1. The fourth-order valence-electron chi connectivity index (χ4n) is 1.23. The van der Waals surface area contributed by atoms with Crippen molar-refractivity contribution in [3.8, 4) is 0 Å². The number of carboxylic acids is 1. The van der Waals surface area contributed by atoms with Crippen molar-refractivity contribution in [2.75, 3.05) is 0 Å². The molecule has 0 aliphatic carbocycles. The SMILES string of the molecule is NC(=O)C[C@@H](NS(=O)(=O)c1c[nH]c(=O)[nH]c1=O)C(=O)O. The van der Waals surface area contributed by atoms with E-state index in [1.54, 1.807) is 9.71 Å². The van der Waals surface area contributed by atoms with Crippen LogP contribution in [0.2, 0.25) is 0 Å². The molecule has 0 aliphatic heterocycles. The summed E-state index contributed by atoms with van der Waals surface area (Å²) < 4.78 is 25.2. The first-order chi connectivity index (χ1) is 9.13. The molecule has 0 unspecified atom stereocenters. The topological polar surface area (TPSA) is 192 Å². The Bertz CT molecular complexity index is 747. The quantitative estimate of drug-likeness (QED) is 0.362. The Balaban J connectivity index is 3.16. The van der Waals surface area contributed by atoms with E-state index in [0.29, 0.717) is 6.20 Å². The Kier molecular flexibility index (Phi) is 4.41. The van der Waals surface area contributed by atoms with Gasteiger partial charge < -0.3 is 15.8 Å². The third-order valence-electron chi connectivity index (χ3n) is 2.08. The lowest BCUT2D eigenvalue weighted by atomic mass is 10.2. The van der Waals surface area contributed by atoms with Crippen LogP contribution in [0.4, 0.5) is 0 Å². The minimum atomic E-state index is -4.55. The van der Waals surface area contributed by atoms with Gasteiger partial charge in [0.05, 0.1) is 6.42 Å². The van der Waals surface area contributed by atoms with Crippen LogP contribution in [0.1, 0.15) is 6.42 Å². The van der Waals surface area contributed by atoms with Crippen molar-refractivity contribution < 1.29 is 23.1 Å². The van der Waals surface area contributed by atoms with E-state index in [1.807, 2.05) is 4.98 Å². The van der Waals surface area contributed by atoms with Gasteiger partial charge in [-0.25, -0.2) is 13.2 Å². The zero-order valence-corrected chi connectivity index (χ0v) is 10.6. The van der Waals surface area contributed by atoms with Crippen molar-refractivity contribution in [2.24, 2.45) is 5.73 Å². The predicted octanol–water partition coefficient (Wildman–Crippen LogP) is -3.33. The second-order valence-electron chi connectivity index (χ2n) is 3.62. The van der Waals surface area contributed by atoms with Gasteiger partial charge >= 0.3 is 11.7 Å². The second-order valence-corrected chi connectivity index (χ2v) is 5.30. The average molecular weight is 306 g/mol. The van der Waals surface area contributed by atoms with Crippen LogP contribution in [0.25, 0.3) is 0 Å². The maximum Gasteiger partial charge on any atom is 0.325 e. The molecule has 6 N–H and O–H groups in total. The Morgan fingerprint density at radius 2 is 2.00 bits per heavy atom. The molecule has 0 saturated carbocycles. The number of carboxylic acid groups (broad SMARTS) is 1. The molecule has 0 bridgehead atoms. The zero-order chi connectivity index (χ0) is 15.5. The molecule has 0 aromatic carbocycles. The van der Waals surface area contributed by atoms with E-state index in [0.717, 1.165) is 0 Å². The molecule has 1 rings (SSSR count). The number of nitrogens with two attached hydrogens (primary N) is 1. The van der Waals surface area contributed by atoms with E-state index < -0.39 is 50.5 Å². The van der Waals surface area contributed by atoms with E-state index in [1.165, 1.54) is 0 Å². The Morgan fingerprint density at radius 1 is 1.40 bits per heavy atom. The molecule has 1 aromatic rings. The van der Waals surface area contributed by atoms with Gasteiger partial charge in [-0.2, -0.15) is 4.72 Å². The van der Waals surface area contributed by atoms with Crippen LogP contribution in [0.15, 0.2) is 20.7 Å². The summed E-state index contributed by atoms with van der Waals surface area (Å²) in [6, 6.07) is -1.83. The third kappa shape index (κ3) is 3.76. The summed E-state index contributed by atoms with van der Waals surface area (Å²) in [6.07, 6.45) is -0.192. The van der Waals surface area contributed by atoms with E-state index in [4.69, 9.17) is 10.8 Å². The van der Waals surface area contributed by atoms with Crippen LogP contribution in [-0.4, -0.2) is 41.4 Å². The maximum atomic E-state index is 11.8. The molecule has 0 radical (unpaired) electrons. The van der Waals surface area contributed by atoms with E-state index in [-0.39, 0.29) is 0 Å². The molecular weight excluding hydrogens is 296 g/mol. The number of aromatic nitrogens is 2. The number of aromatic amines is 2. The van der Waals surface area contributed by atoms with E-state index >= 15 is 0 Å². The molecule has 1 heterocycles. The normalized spacial score (nSPS) is 12.8. The van der Waals surface area contributed by atoms with Crippen LogP contribution >= 0.6 is 0 Å².